The van der Waals surface area contributed by atoms with E-state index in [9.17, 15) is 0 Å². The average Bonchev–Trinajstić information content (AvgIpc) is 2.62. The van der Waals surface area contributed by atoms with Gasteiger partial charge in [-0.15, -0.1) is 0 Å². The van der Waals surface area contributed by atoms with Crippen LogP contribution in [0.25, 0.3) is 0 Å². The van der Waals surface area contributed by atoms with Crippen molar-refractivity contribution in [2.75, 3.05) is 20.2 Å². The molecule has 0 aliphatic rings. The van der Waals surface area contributed by atoms with Crippen molar-refractivity contribution in [1.82, 2.24) is 15.6 Å². The Bertz CT molecular complexity index is 740. The molecule has 2 aromatic rings. The topological polar surface area (TPSA) is 67.8 Å². The van der Waals surface area contributed by atoms with Gasteiger partial charge in [0, 0.05) is 25.4 Å². The van der Waals surface area contributed by atoms with Crippen molar-refractivity contribution in [2.45, 2.75) is 39.8 Å². The van der Waals surface area contributed by atoms with Crippen LogP contribution in [0, 0.1) is 6.92 Å². The van der Waals surface area contributed by atoms with Crippen molar-refractivity contribution >= 4 is 5.96 Å². The van der Waals surface area contributed by atoms with E-state index >= 15 is 0 Å². The smallest absolute Gasteiger partial charge is 0.191 e. The van der Waals surface area contributed by atoms with Gasteiger partial charge in [-0.25, -0.2) is 0 Å². The fourth-order valence-electron chi connectivity index (χ4n) is 2.40. The van der Waals surface area contributed by atoms with Crippen molar-refractivity contribution in [3.8, 4) is 11.5 Å². The number of rotatable bonds is 7. The number of pyridine rings is 1. The second-order valence-electron chi connectivity index (χ2n) is 7.22. The van der Waals surface area contributed by atoms with Crippen LogP contribution in [0.2, 0.25) is 0 Å². The summed E-state index contributed by atoms with van der Waals surface area (Å²) in [6, 6.07) is 9.98. The Morgan fingerprint density at radius 3 is 2.67 bits per heavy atom. The summed E-state index contributed by atoms with van der Waals surface area (Å²) in [5.74, 6) is 2.36. The minimum Gasteiger partial charge on any atom is -0.490 e. The molecular weight excluding hydrogens is 340 g/mol. The standard InChI is InChI=1S/C21H30N4O2/c1-16-8-9-17(19(13-16)27-21(2,3)4)14-25-20(22-5)24-11-12-26-18-7-6-10-23-15-18/h6-10,13,15H,11-12,14H2,1-5H3,(H2,22,24,25). The molecule has 0 fully saturated rings. The van der Waals surface area contributed by atoms with Gasteiger partial charge in [-0.2, -0.15) is 0 Å². The van der Waals surface area contributed by atoms with Crippen molar-refractivity contribution in [2.24, 2.45) is 4.99 Å². The maximum Gasteiger partial charge on any atom is 0.191 e. The van der Waals surface area contributed by atoms with E-state index in [2.05, 4.69) is 66.5 Å². The molecule has 27 heavy (non-hydrogen) atoms. The summed E-state index contributed by atoms with van der Waals surface area (Å²) >= 11 is 0. The number of ether oxygens (including phenoxy) is 2. The Labute approximate surface area is 162 Å². The van der Waals surface area contributed by atoms with Crippen LogP contribution in [0.3, 0.4) is 0 Å². The van der Waals surface area contributed by atoms with E-state index in [1.165, 1.54) is 5.56 Å². The van der Waals surface area contributed by atoms with Gasteiger partial charge in [-0.05, 0) is 51.5 Å². The molecule has 2 N–H and O–H groups in total. The molecule has 0 spiro atoms. The van der Waals surface area contributed by atoms with E-state index < -0.39 is 0 Å². The second kappa shape index (κ2) is 9.80. The largest absolute Gasteiger partial charge is 0.490 e. The van der Waals surface area contributed by atoms with Crippen LogP contribution in [0.4, 0.5) is 0 Å². The fraction of sp³-hybridized carbons (Fsp3) is 0.429. The lowest BCUT2D eigenvalue weighted by Gasteiger charge is -2.24. The summed E-state index contributed by atoms with van der Waals surface area (Å²) in [6.45, 7) is 9.99. The van der Waals surface area contributed by atoms with E-state index in [0.717, 1.165) is 17.1 Å². The van der Waals surface area contributed by atoms with Gasteiger partial charge < -0.3 is 20.1 Å². The number of hydrogen-bond acceptors (Lipinski definition) is 4. The summed E-state index contributed by atoms with van der Waals surface area (Å²) < 4.78 is 11.7. The van der Waals surface area contributed by atoms with E-state index in [1.807, 2.05) is 12.1 Å². The highest BCUT2D eigenvalue weighted by atomic mass is 16.5. The highest BCUT2D eigenvalue weighted by Gasteiger charge is 2.15. The molecule has 0 radical (unpaired) electrons. The number of nitrogens with zero attached hydrogens (tertiary/aromatic N) is 2. The molecular formula is C21H30N4O2. The summed E-state index contributed by atoms with van der Waals surface area (Å²) in [5, 5.41) is 6.56. The van der Waals surface area contributed by atoms with E-state index in [-0.39, 0.29) is 5.60 Å². The normalized spacial score (nSPS) is 11.8. The highest BCUT2D eigenvalue weighted by Crippen LogP contribution is 2.24. The van der Waals surface area contributed by atoms with Crippen LogP contribution in [-0.4, -0.2) is 36.7 Å². The molecule has 1 aromatic carbocycles. The molecule has 146 valence electrons. The zero-order valence-electron chi connectivity index (χ0n) is 16.9. The molecule has 2 rings (SSSR count). The molecule has 0 aliphatic carbocycles. The van der Waals surface area contributed by atoms with Crippen LogP contribution in [0.5, 0.6) is 11.5 Å². The molecule has 1 aromatic heterocycles. The predicted octanol–water partition coefficient (Wildman–Crippen LogP) is 3.31. The number of aromatic nitrogens is 1. The van der Waals surface area contributed by atoms with Crippen LogP contribution in [0.1, 0.15) is 31.9 Å². The van der Waals surface area contributed by atoms with Crippen LogP contribution in [0.15, 0.2) is 47.7 Å². The van der Waals surface area contributed by atoms with Gasteiger partial charge in [0.2, 0.25) is 0 Å². The van der Waals surface area contributed by atoms with Gasteiger partial charge in [0.25, 0.3) is 0 Å². The molecule has 0 bridgehead atoms. The van der Waals surface area contributed by atoms with Crippen molar-refractivity contribution < 1.29 is 9.47 Å². The quantitative estimate of drug-likeness (QED) is 0.445. The molecule has 0 aliphatic heterocycles. The molecule has 0 saturated carbocycles. The zero-order valence-corrected chi connectivity index (χ0v) is 16.9. The number of hydrogen-bond donors (Lipinski definition) is 2. The summed E-state index contributed by atoms with van der Waals surface area (Å²) in [6.07, 6.45) is 3.42. The average molecular weight is 370 g/mol. The Balaban J connectivity index is 1.85. The van der Waals surface area contributed by atoms with E-state index in [1.54, 1.807) is 19.4 Å². The summed E-state index contributed by atoms with van der Waals surface area (Å²) in [5.41, 5.74) is 2.02. The fourth-order valence-corrected chi connectivity index (χ4v) is 2.40. The minimum absolute atomic E-state index is 0.244. The van der Waals surface area contributed by atoms with Gasteiger partial charge in [-0.1, -0.05) is 12.1 Å². The monoisotopic (exact) mass is 370 g/mol. The van der Waals surface area contributed by atoms with Gasteiger partial charge in [0.1, 0.15) is 23.7 Å². The minimum atomic E-state index is -0.244. The lowest BCUT2D eigenvalue weighted by molar-refractivity contribution is 0.129. The zero-order chi connectivity index (χ0) is 19.7. The lowest BCUT2D eigenvalue weighted by Crippen LogP contribution is -2.39. The Morgan fingerprint density at radius 1 is 1.19 bits per heavy atom. The first-order chi connectivity index (χ1) is 12.9. The van der Waals surface area contributed by atoms with Gasteiger partial charge in [0.15, 0.2) is 5.96 Å². The van der Waals surface area contributed by atoms with Crippen molar-refractivity contribution in [3.05, 3.63) is 53.9 Å². The SMILES string of the molecule is CN=C(NCCOc1cccnc1)NCc1ccc(C)cc1OC(C)(C)C. The first-order valence-corrected chi connectivity index (χ1v) is 9.13. The van der Waals surface area contributed by atoms with Crippen LogP contribution in [-0.2, 0) is 6.54 Å². The third-order valence-electron chi connectivity index (χ3n) is 3.61. The van der Waals surface area contributed by atoms with E-state index in [4.69, 9.17) is 9.47 Å². The molecule has 0 unspecified atom stereocenters. The molecule has 6 nitrogen and oxygen atoms in total. The van der Waals surface area contributed by atoms with Crippen LogP contribution < -0.4 is 20.1 Å². The van der Waals surface area contributed by atoms with Crippen LogP contribution >= 0.6 is 0 Å². The van der Waals surface area contributed by atoms with Gasteiger partial charge >= 0.3 is 0 Å². The Hall–Kier alpha value is -2.76. The number of aliphatic imine (C=N–C) groups is 1. The number of aryl methyl sites for hydroxylation is 1. The Kier molecular flexibility index (Phi) is 7.46. The number of nitrogens with one attached hydrogen (secondary N) is 2. The number of benzene rings is 1. The third-order valence-corrected chi connectivity index (χ3v) is 3.61. The van der Waals surface area contributed by atoms with Crippen molar-refractivity contribution in [1.29, 1.82) is 0 Å². The first-order valence-electron chi connectivity index (χ1n) is 9.13. The summed E-state index contributed by atoms with van der Waals surface area (Å²) in [4.78, 5) is 8.28. The molecule has 0 amide bonds. The first kappa shape index (κ1) is 20.6. The summed E-state index contributed by atoms with van der Waals surface area (Å²) in [7, 11) is 1.75. The van der Waals surface area contributed by atoms with E-state index in [0.29, 0.717) is 25.7 Å². The molecule has 1 heterocycles. The second-order valence-corrected chi connectivity index (χ2v) is 7.22. The van der Waals surface area contributed by atoms with Gasteiger partial charge in [-0.3, -0.25) is 9.98 Å². The molecule has 0 saturated heterocycles. The lowest BCUT2D eigenvalue weighted by atomic mass is 10.1. The molecule has 6 heteroatoms. The Morgan fingerprint density at radius 2 is 2.00 bits per heavy atom. The highest BCUT2D eigenvalue weighted by molar-refractivity contribution is 5.79. The molecule has 0 atom stereocenters. The maximum atomic E-state index is 6.10. The maximum absolute atomic E-state index is 6.10. The van der Waals surface area contributed by atoms with Gasteiger partial charge in [0.05, 0.1) is 12.7 Å². The van der Waals surface area contributed by atoms with Crippen molar-refractivity contribution in [3.63, 3.8) is 0 Å². The predicted molar refractivity (Wildman–Crippen MR) is 109 cm³/mol. The number of guanidine groups is 1. The third kappa shape index (κ3) is 7.56.